The molecule has 0 saturated heterocycles. The summed E-state index contributed by atoms with van der Waals surface area (Å²) < 4.78 is 5.32. The zero-order valence-corrected chi connectivity index (χ0v) is 12.5. The van der Waals surface area contributed by atoms with Crippen molar-refractivity contribution >= 4 is 5.57 Å². The molecule has 0 aromatic heterocycles. The number of hydrogen-bond acceptors (Lipinski definition) is 3. The second-order valence-corrected chi connectivity index (χ2v) is 5.46. The first-order valence-corrected chi connectivity index (χ1v) is 7.29. The van der Waals surface area contributed by atoms with E-state index in [9.17, 15) is 0 Å². The molecule has 3 rings (SSSR count). The lowest BCUT2D eigenvalue weighted by atomic mass is 9.85. The van der Waals surface area contributed by atoms with Crippen LogP contribution in [-0.4, -0.2) is 13.3 Å². The van der Waals surface area contributed by atoms with Gasteiger partial charge in [0.05, 0.1) is 19.2 Å². The number of benzene rings is 1. The normalized spacial score (nSPS) is 24.8. The molecule has 0 saturated carbocycles. The Morgan fingerprint density at radius 2 is 2.33 bits per heavy atom. The predicted molar refractivity (Wildman–Crippen MR) is 84.0 cm³/mol. The van der Waals surface area contributed by atoms with Crippen LogP contribution in [0.25, 0.3) is 5.57 Å². The molecule has 21 heavy (non-hydrogen) atoms. The molecule has 0 fully saturated rings. The van der Waals surface area contributed by atoms with Crippen molar-refractivity contribution in [1.82, 2.24) is 5.32 Å². The van der Waals surface area contributed by atoms with Crippen LogP contribution in [0.5, 0.6) is 5.75 Å². The van der Waals surface area contributed by atoms with Crippen molar-refractivity contribution in [3.8, 4) is 5.75 Å². The van der Waals surface area contributed by atoms with Crippen molar-refractivity contribution in [2.75, 3.05) is 7.11 Å². The number of hydrogen-bond donors (Lipinski definition) is 3. The van der Waals surface area contributed by atoms with Gasteiger partial charge in [-0.15, -0.1) is 0 Å². The van der Waals surface area contributed by atoms with Gasteiger partial charge in [0.15, 0.2) is 6.17 Å². The van der Waals surface area contributed by atoms with E-state index >= 15 is 0 Å². The minimum Gasteiger partial charge on any atom is -0.497 e. The van der Waals surface area contributed by atoms with Crippen molar-refractivity contribution in [2.24, 2.45) is 11.7 Å². The molecular weight excluding hydrogens is 262 g/mol. The number of fused-ring (bicyclic) bond motifs is 1. The van der Waals surface area contributed by atoms with E-state index in [1.54, 1.807) is 7.11 Å². The van der Waals surface area contributed by atoms with Gasteiger partial charge in [0, 0.05) is 23.0 Å². The fraction of sp³-hybridized carbons (Fsp3) is 0.294. The topological polar surface area (TPSA) is 63.9 Å². The Hall–Kier alpha value is -2.20. The Kier molecular flexibility index (Phi) is 3.71. The molecule has 2 heterocycles. The largest absolute Gasteiger partial charge is 0.497 e. The van der Waals surface area contributed by atoms with Crippen LogP contribution in [0.3, 0.4) is 0 Å². The Labute approximate surface area is 125 Å². The van der Waals surface area contributed by atoms with Crippen LogP contribution in [-0.2, 0) is 0 Å². The number of ether oxygens (including phenoxy) is 1. The van der Waals surface area contributed by atoms with E-state index in [4.69, 9.17) is 10.5 Å². The third-order valence-corrected chi connectivity index (χ3v) is 4.29. The van der Waals surface area contributed by atoms with E-state index in [1.807, 2.05) is 25.1 Å². The molecule has 0 bridgehead atoms. The zero-order valence-electron chi connectivity index (χ0n) is 12.5. The minimum atomic E-state index is 0.354. The Morgan fingerprint density at radius 3 is 3.10 bits per heavy atom. The number of nitrogens with two attached hydrogens (primary N) is 2. The fourth-order valence-electron chi connectivity index (χ4n) is 3.05. The van der Waals surface area contributed by atoms with Gasteiger partial charge < -0.3 is 15.8 Å². The fourth-order valence-corrected chi connectivity index (χ4v) is 3.05. The highest BCUT2D eigenvalue weighted by Crippen LogP contribution is 2.34. The lowest BCUT2D eigenvalue weighted by Gasteiger charge is -2.25. The summed E-state index contributed by atoms with van der Waals surface area (Å²) in [5.74, 6) is 1.30. The molecule has 5 N–H and O–H groups in total. The predicted octanol–water partition coefficient (Wildman–Crippen LogP) is 1.30. The van der Waals surface area contributed by atoms with Crippen molar-refractivity contribution in [1.29, 1.82) is 0 Å². The van der Waals surface area contributed by atoms with E-state index in [0.717, 1.165) is 17.9 Å². The summed E-state index contributed by atoms with van der Waals surface area (Å²) in [7, 11) is 1.70. The van der Waals surface area contributed by atoms with Gasteiger partial charge in [0.1, 0.15) is 5.75 Å². The van der Waals surface area contributed by atoms with Gasteiger partial charge in [-0.1, -0.05) is 18.2 Å². The van der Waals surface area contributed by atoms with Crippen LogP contribution >= 0.6 is 0 Å². The van der Waals surface area contributed by atoms with E-state index in [1.165, 1.54) is 16.7 Å². The molecular formula is C17H22N3O+. The van der Waals surface area contributed by atoms with Gasteiger partial charge in [-0.25, -0.2) is 0 Å². The van der Waals surface area contributed by atoms with Gasteiger partial charge in [-0.2, -0.15) is 0 Å². The quantitative estimate of drug-likeness (QED) is 0.784. The van der Waals surface area contributed by atoms with Gasteiger partial charge in [0.25, 0.3) is 0 Å². The Bertz CT molecular complexity index is 631. The maximum Gasteiger partial charge on any atom is 0.170 e. The number of quaternary nitrogens is 1. The summed E-state index contributed by atoms with van der Waals surface area (Å²) in [6.45, 7) is 1.98. The summed E-state index contributed by atoms with van der Waals surface area (Å²) in [5.41, 5.74) is 10.7. The van der Waals surface area contributed by atoms with Crippen molar-refractivity contribution in [2.45, 2.75) is 19.5 Å². The van der Waals surface area contributed by atoms with Crippen LogP contribution < -0.4 is 21.1 Å². The highest BCUT2D eigenvalue weighted by Gasteiger charge is 2.36. The van der Waals surface area contributed by atoms with E-state index in [2.05, 4.69) is 35.2 Å². The molecule has 110 valence electrons. The Morgan fingerprint density at radius 1 is 1.48 bits per heavy atom. The molecule has 2 atom stereocenters. The molecule has 0 amide bonds. The maximum absolute atomic E-state index is 6.11. The molecule has 0 radical (unpaired) electrons. The third-order valence-electron chi connectivity index (χ3n) is 4.29. The average Bonchev–Trinajstić information content (AvgIpc) is 2.97. The van der Waals surface area contributed by atoms with Crippen LogP contribution in [0.1, 0.15) is 18.9 Å². The first-order chi connectivity index (χ1) is 10.2. The van der Waals surface area contributed by atoms with Gasteiger partial charge >= 0.3 is 0 Å². The zero-order chi connectivity index (χ0) is 14.8. The molecule has 2 aliphatic rings. The standard InChI is InChI=1S/C17H21N3O/c1-3-16(18)15-10-20-17-14(15)8-12(9-19-17)11-5-4-6-13(7-11)21-2/h3-7,9-10,14,17,19-20H,8,18H2,1-2H3/p+1. The molecule has 1 aromatic rings. The SMILES string of the molecule is CC=C(N)C1=CNC2[NH2+]C=C(c3cccc(OC)c3)CC12. The summed E-state index contributed by atoms with van der Waals surface area (Å²) in [6.07, 6.45) is 7.59. The summed E-state index contributed by atoms with van der Waals surface area (Å²) in [6, 6.07) is 8.23. The second-order valence-electron chi connectivity index (χ2n) is 5.46. The average molecular weight is 284 g/mol. The molecule has 0 spiro atoms. The van der Waals surface area contributed by atoms with E-state index in [0.29, 0.717) is 12.1 Å². The van der Waals surface area contributed by atoms with Gasteiger partial charge in [-0.05, 0) is 31.0 Å². The van der Waals surface area contributed by atoms with Crippen LogP contribution in [0.15, 0.2) is 54.0 Å². The van der Waals surface area contributed by atoms with E-state index in [-0.39, 0.29) is 0 Å². The highest BCUT2D eigenvalue weighted by molar-refractivity contribution is 5.67. The first-order valence-electron chi connectivity index (χ1n) is 7.29. The summed E-state index contributed by atoms with van der Waals surface area (Å²) >= 11 is 0. The highest BCUT2D eigenvalue weighted by atomic mass is 16.5. The summed E-state index contributed by atoms with van der Waals surface area (Å²) in [4.78, 5) is 0. The van der Waals surface area contributed by atoms with Crippen LogP contribution in [0.4, 0.5) is 0 Å². The number of methoxy groups -OCH3 is 1. The molecule has 1 aromatic carbocycles. The minimum absolute atomic E-state index is 0.354. The Balaban J connectivity index is 1.85. The van der Waals surface area contributed by atoms with Crippen LogP contribution in [0.2, 0.25) is 0 Å². The lowest BCUT2D eigenvalue weighted by Crippen LogP contribution is -2.90. The lowest BCUT2D eigenvalue weighted by molar-refractivity contribution is -0.638. The third kappa shape index (κ3) is 2.54. The van der Waals surface area contributed by atoms with E-state index < -0.39 is 0 Å². The molecule has 4 nitrogen and oxygen atoms in total. The molecule has 2 unspecified atom stereocenters. The van der Waals surface area contributed by atoms with Crippen molar-refractivity contribution < 1.29 is 10.1 Å². The van der Waals surface area contributed by atoms with Crippen molar-refractivity contribution in [3.05, 3.63) is 59.6 Å². The van der Waals surface area contributed by atoms with Crippen LogP contribution in [0, 0.1) is 5.92 Å². The number of allylic oxidation sites excluding steroid dienone is 3. The smallest absolute Gasteiger partial charge is 0.170 e. The maximum atomic E-state index is 6.11. The molecule has 0 aliphatic carbocycles. The van der Waals surface area contributed by atoms with Gasteiger partial charge in [-0.3, -0.25) is 5.32 Å². The van der Waals surface area contributed by atoms with Crippen molar-refractivity contribution in [3.63, 3.8) is 0 Å². The second kappa shape index (κ2) is 5.66. The summed E-state index contributed by atoms with van der Waals surface area (Å²) in [5, 5.41) is 5.64. The molecule has 2 aliphatic heterocycles. The molecule has 4 heteroatoms. The number of nitrogens with one attached hydrogen (secondary N) is 1. The first kappa shape index (κ1) is 13.8. The monoisotopic (exact) mass is 284 g/mol. The number of rotatable bonds is 3. The van der Waals surface area contributed by atoms with Gasteiger partial charge in [0.2, 0.25) is 0 Å².